The third-order valence-corrected chi connectivity index (χ3v) is 7.74. The highest BCUT2D eigenvalue weighted by atomic mass is 16.6. The zero-order valence-electron chi connectivity index (χ0n) is 24.4. The van der Waals surface area contributed by atoms with Crippen LogP contribution in [0.3, 0.4) is 0 Å². The van der Waals surface area contributed by atoms with Gasteiger partial charge < -0.3 is 15.1 Å². The molecule has 214 valence electrons. The molecular formula is C31H43N7O2. The van der Waals surface area contributed by atoms with Crippen molar-refractivity contribution >= 4 is 23.6 Å². The van der Waals surface area contributed by atoms with E-state index in [1.807, 2.05) is 32.0 Å². The first kappa shape index (κ1) is 29.7. The fourth-order valence-electron chi connectivity index (χ4n) is 5.91. The average molecular weight is 546 g/mol. The Bertz CT molecular complexity index is 1230. The summed E-state index contributed by atoms with van der Waals surface area (Å²) in [6.07, 6.45) is 5.30. The van der Waals surface area contributed by atoms with Crippen molar-refractivity contribution in [3.63, 3.8) is 0 Å². The number of hydrogen-bond acceptors (Lipinski definition) is 8. The number of carbonyl (C=O) groups excluding carboxylic acids is 1. The van der Waals surface area contributed by atoms with E-state index in [0.717, 1.165) is 54.7 Å². The predicted molar refractivity (Wildman–Crippen MR) is 161 cm³/mol. The van der Waals surface area contributed by atoms with Crippen LogP contribution < -0.4 is 21.0 Å². The van der Waals surface area contributed by atoms with E-state index in [0.29, 0.717) is 36.2 Å². The van der Waals surface area contributed by atoms with Crippen LogP contribution >= 0.6 is 0 Å². The number of hydrogen-bond donors (Lipinski definition) is 3. The Labute approximate surface area is 238 Å². The molecule has 5 rings (SSSR count). The van der Waals surface area contributed by atoms with Crippen LogP contribution in [0.1, 0.15) is 70.7 Å². The molecule has 0 saturated carbocycles. The van der Waals surface area contributed by atoms with E-state index in [4.69, 9.17) is 9.83 Å². The molecule has 0 aromatic heterocycles. The molecule has 9 heteroatoms. The van der Waals surface area contributed by atoms with Gasteiger partial charge in [0.2, 0.25) is 5.91 Å². The maximum atomic E-state index is 12.3. The van der Waals surface area contributed by atoms with Crippen LogP contribution in [0.4, 0.5) is 11.4 Å². The zero-order chi connectivity index (χ0) is 28.6. The Kier molecular flexibility index (Phi) is 10.3. The number of nitriles is 1. The van der Waals surface area contributed by atoms with Gasteiger partial charge in [-0.1, -0.05) is 38.1 Å². The number of hydroxylamine groups is 1. The highest BCUT2D eigenvalue weighted by molar-refractivity contribution is 5.97. The van der Waals surface area contributed by atoms with Crippen LogP contribution in [-0.2, 0) is 9.63 Å². The number of piperidine rings is 1. The minimum atomic E-state index is -0.0593. The second-order valence-corrected chi connectivity index (χ2v) is 10.6. The van der Waals surface area contributed by atoms with Crippen molar-refractivity contribution < 1.29 is 9.63 Å². The van der Waals surface area contributed by atoms with Gasteiger partial charge in [-0.05, 0) is 56.7 Å². The van der Waals surface area contributed by atoms with Crippen LogP contribution in [0.15, 0.2) is 41.4 Å². The average Bonchev–Trinajstić information content (AvgIpc) is 3.42. The van der Waals surface area contributed by atoms with E-state index >= 15 is 0 Å². The van der Waals surface area contributed by atoms with Gasteiger partial charge in [0.25, 0.3) is 0 Å². The molecular weight excluding hydrogens is 502 g/mol. The highest BCUT2D eigenvalue weighted by Crippen LogP contribution is 2.41. The minimum absolute atomic E-state index is 0.0593. The summed E-state index contributed by atoms with van der Waals surface area (Å²) < 4.78 is 0. The smallest absolute Gasteiger partial charge is 0.227 e. The summed E-state index contributed by atoms with van der Waals surface area (Å²) in [5.41, 5.74) is 8.48. The molecule has 40 heavy (non-hydrogen) atoms. The van der Waals surface area contributed by atoms with Crippen molar-refractivity contribution in [1.82, 2.24) is 15.7 Å². The summed E-state index contributed by atoms with van der Waals surface area (Å²) in [6, 6.07) is 14.8. The molecule has 3 aliphatic heterocycles. The Hall–Kier alpha value is -3.29. The van der Waals surface area contributed by atoms with Crippen molar-refractivity contribution in [2.45, 2.75) is 71.8 Å². The van der Waals surface area contributed by atoms with Crippen LogP contribution in [0.25, 0.3) is 11.1 Å². The quantitative estimate of drug-likeness (QED) is 0.316. The fraction of sp³-hybridized carbons (Fsp3) is 0.516. The number of nitrogens with zero attached hydrogens (tertiary/aromatic N) is 4. The standard InChI is InChI=1S/C29H37N7O2.C2H6/c1-19(2)33-28(34-38-3)20-11-14-35(15-12-20)29-24-7-4-6-23(27(24)31-18-32-29)21-9-10-25(22(16-21)17-30)36-13-5-8-26(36)37;1-2/h4,6-7,9-10,16,18-20,28-29,33-34H,5,8,11-15H2,1-3H3,(H,31,32);1-2H3. The minimum Gasteiger partial charge on any atom is -0.346 e. The normalized spacial score (nSPS) is 20.0. The van der Waals surface area contributed by atoms with Crippen LogP contribution in [-0.4, -0.2) is 56.1 Å². The predicted octanol–water partition coefficient (Wildman–Crippen LogP) is 5.02. The van der Waals surface area contributed by atoms with Gasteiger partial charge in [0.05, 0.1) is 36.6 Å². The van der Waals surface area contributed by atoms with Gasteiger partial charge in [0.1, 0.15) is 12.2 Å². The number of likely N-dealkylation sites (tertiary alicyclic amines) is 1. The molecule has 2 atom stereocenters. The van der Waals surface area contributed by atoms with Gasteiger partial charge >= 0.3 is 0 Å². The number of fused-ring (bicyclic) bond motifs is 1. The summed E-state index contributed by atoms with van der Waals surface area (Å²) in [7, 11) is 1.67. The number of para-hydroxylation sites is 1. The molecule has 0 radical (unpaired) electrons. The largest absolute Gasteiger partial charge is 0.346 e. The highest BCUT2D eigenvalue weighted by Gasteiger charge is 2.33. The molecule has 3 heterocycles. The molecule has 0 bridgehead atoms. The van der Waals surface area contributed by atoms with Gasteiger partial charge in [-0.3, -0.25) is 20.0 Å². The number of carbonyl (C=O) groups is 1. The van der Waals surface area contributed by atoms with Crippen molar-refractivity contribution in [1.29, 1.82) is 5.26 Å². The monoisotopic (exact) mass is 545 g/mol. The summed E-state index contributed by atoms with van der Waals surface area (Å²) in [5.74, 6) is 0.552. The lowest BCUT2D eigenvalue weighted by Gasteiger charge is -2.40. The fourth-order valence-corrected chi connectivity index (χ4v) is 5.91. The third-order valence-electron chi connectivity index (χ3n) is 7.74. The number of rotatable bonds is 8. The summed E-state index contributed by atoms with van der Waals surface area (Å²) >= 11 is 0. The molecule has 2 aromatic rings. The van der Waals surface area contributed by atoms with Crippen molar-refractivity contribution in [3.05, 3.63) is 47.5 Å². The maximum Gasteiger partial charge on any atom is 0.227 e. The van der Waals surface area contributed by atoms with E-state index < -0.39 is 0 Å². The Morgan fingerprint density at radius 2 is 1.93 bits per heavy atom. The zero-order valence-corrected chi connectivity index (χ0v) is 24.4. The van der Waals surface area contributed by atoms with Gasteiger partial charge in [-0.25, -0.2) is 0 Å². The third kappa shape index (κ3) is 6.37. The molecule has 2 saturated heterocycles. The lowest BCUT2D eigenvalue weighted by atomic mass is 9.91. The lowest BCUT2D eigenvalue weighted by Crippen LogP contribution is -2.53. The number of amides is 1. The van der Waals surface area contributed by atoms with Gasteiger partial charge in [-0.2, -0.15) is 10.7 Å². The first-order valence-electron chi connectivity index (χ1n) is 14.5. The Morgan fingerprint density at radius 1 is 1.15 bits per heavy atom. The summed E-state index contributed by atoms with van der Waals surface area (Å²) in [4.78, 5) is 26.6. The topological polar surface area (TPSA) is 105 Å². The summed E-state index contributed by atoms with van der Waals surface area (Å²) in [6.45, 7) is 10.8. The first-order valence-corrected chi connectivity index (χ1v) is 14.5. The first-order chi connectivity index (χ1) is 19.5. The Morgan fingerprint density at radius 3 is 2.58 bits per heavy atom. The van der Waals surface area contributed by atoms with Crippen molar-refractivity contribution in [2.75, 3.05) is 37.0 Å². The van der Waals surface area contributed by atoms with Gasteiger partial charge in [0, 0.05) is 43.2 Å². The molecule has 1 amide bonds. The van der Waals surface area contributed by atoms with E-state index in [1.165, 1.54) is 0 Å². The SMILES string of the molecule is CC.CONC(NC(C)C)C1CCN(C2N=CNc3c(-c4ccc(N5CCCC5=O)c(C#N)c4)cccc32)CC1. The van der Waals surface area contributed by atoms with Crippen molar-refractivity contribution in [3.8, 4) is 17.2 Å². The number of benzene rings is 2. The van der Waals surface area contributed by atoms with Gasteiger partial charge in [0.15, 0.2) is 0 Å². The lowest BCUT2D eigenvalue weighted by molar-refractivity contribution is -0.117. The van der Waals surface area contributed by atoms with E-state index in [-0.39, 0.29) is 18.2 Å². The molecule has 3 aliphatic rings. The second-order valence-electron chi connectivity index (χ2n) is 10.6. The molecule has 2 unspecified atom stereocenters. The molecule has 0 aliphatic carbocycles. The molecule has 9 nitrogen and oxygen atoms in total. The van der Waals surface area contributed by atoms with E-state index in [1.54, 1.807) is 18.3 Å². The van der Waals surface area contributed by atoms with E-state index in [9.17, 15) is 10.1 Å². The van der Waals surface area contributed by atoms with Crippen LogP contribution in [0.5, 0.6) is 0 Å². The van der Waals surface area contributed by atoms with Crippen LogP contribution in [0, 0.1) is 17.2 Å². The van der Waals surface area contributed by atoms with Crippen LogP contribution in [0.2, 0.25) is 0 Å². The maximum absolute atomic E-state index is 12.3. The summed E-state index contributed by atoms with van der Waals surface area (Å²) in [5, 5.41) is 16.8. The number of nitrogens with one attached hydrogen (secondary N) is 3. The molecule has 2 fully saturated rings. The number of aliphatic imine (C=N–C) groups is 1. The molecule has 2 aromatic carbocycles. The Balaban J connectivity index is 0.00000181. The van der Waals surface area contributed by atoms with Gasteiger partial charge in [-0.15, -0.1) is 0 Å². The van der Waals surface area contributed by atoms with E-state index in [2.05, 4.69) is 59.1 Å². The number of anilines is 2. The second kappa shape index (κ2) is 13.9. The molecule has 3 N–H and O–H groups in total. The molecule has 0 spiro atoms. The van der Waals surface area contributed by atoms with Crippen molar-refractivity contribution in [2.24, 2.45) is 10.9 Å².